The number of amides is 2. The number of hydrogen-bond donors (Lipinski definition) is 1. The number of ether oxygens (including phenoxy) is 1. The second kappa shape index (κ2) is 7.13. The number of anilines is 1. The zero-order valence-electron chi connectivity index (χ0n) is 14.4. The van der Waals surface area contributed by atoms with Gasteiger partial charge in [0.15, 0.2) is 5.78 Å². The summed E-state index contributed by atoms with van der Waals surface area (Å²) in [5.41, 5.74) is 1.04. The van der Waals surface area contributed by atoms with Crippen LogP contribution in [0.2, 0.25) is 0 Å². The molecule has 0 aromatic heterocycles. The molecule has 2 amide bonds. The molecule has 1 aromatic rings. The normalized spacial score (nSPS) is 19.9. The lowest BCUT2D eigenvalue weighted by Crippen LogP contribution is -2.49. The van der Waals surface area contributed by atoms with Gasteiger partial charge in [0.25, 0.3) is 0 Å². The van der Waals surface area contributed by atoms with E-state index in [4.69, 9.17) is 4.74 Å². The Hall–Kier alpha value is -1.88. The van der Waals surface area contributed by atoms with Gasteiger partial charge in [-0.15, -0.1) is 0 Å². The van der Waals surface area contributed by atoms with Crippen LogP contribution in [0.15, 0.2) is 24.3 Å². The molecule has 1 saturated heterocycles. The summed E-state index contributed by atoms with van der Waals surface area (Å²) in [7, 11) is 0. The van der Waals surface area contributed by atoms with Crippen molar-refractivity contribution in [1.82, 2.24) is 4.90 Å². The van der Waals surface area contributed by atoms with Gasteiger partial charge in [0.05, 0.1) is 5.60 Å². The number of carbonyl (C=O) groups is 2. The van der Waals surface area contributed by atoms with E-state index in [-0.39, 0.29) is 23.5 Å². The van der Waals surface area contributed by atoms with E-state index >= 15 is 0 Å². The lowest BCUT2D eigenvalue weighted by Gasteiger charge is -2.40. The van der Waals surface area contributed by atoms with Gasteiger partial charge in [-0.1, -0.05) is 12.1 Å². The fourth-order valence-corrected chi connectivity index (χ4v) is 3.04. The van der Waals surface area contributed by atoms with Gasteiger partial charge in [-0.25, -0.2) is 4.79 Å². The summed E-state index contributed by atoms with van der Waals surface area (Å²) in [5, 5.41) is 2.91. The molecule has 0 aliphatic carbocycles. The average Bonchev–Trinajstić information content (AvgIpc) is 2.47. The van der Waals surface area contributed by atoms with Crippen LogP contribution in [0, 0.1) is 0 Å². The highest BCUT2D eigenvalue weighted by Crippen LogP contribution is 2.27. The number of carbonyl (C=O) groups excluding carboxylic acids is 2. The largest absolute Gasteiger partial charge is 0.375 e. The number of nitrogens with zero attached hydrogens (tertiary/aromatic N) is 1. The minimum atomic E-state index is -0.203. The first-order chi connectivity index (χ1) is 10.8. The molecule has 0 bridgehead atoms. The van der Waals surface area contributed by atoms with Gasteiger partial charge in [0, 0.05) is 30.4 Å². The summed E-state index contributed by atoms with van der Waals surface area (Å²) in [6.45, 7) is 8.92. The smallest absolute Gasteiger partial charge is 0.322 e. The van der Waals surface area contributed by atoms with Crippen molar-refractivity contribution < 1.29 is 14.3 Å². The Labute approximate surface area is 138 Å². The lowest BCUT2D eigenvalue weighted by atomic mass is 9.93. The number of ketones is 1. The molecule has 0 saturated carbocycles. The molecule has 23 heavy (non-hydrogen) atoms. The Bertz CT molecular complexity index is 583. The minimum absolute atomic E-state index is 0.0142. The Kier molecular flexibility index (Phi) is 5.42. The monoisotopic (exact) mass is 318 g/mol. The van der Waals surface area contributed by atoms with Crippen molar-refractivity contribution in [2.24, 2.45) is 0 Å². The predicted octanol–water partition coefficient (Wildman–Crippen LogP) is 3.70. The third-order valence-corrected chi connectivity index (χ3v) is 4.23. The summed E-state index contributed by atoms with van der Waals surface area (Å²) in [6.07, 6.45) is 1.67. The Morgan fingerprint density at radius 2 is 2.13 bits per heavy atom. The minimum Gasteiger partial charge on any atom is -0.375 e. The summed E-state index contributed by atoms with van der Waals surface area (Å²) in [4.78, 5) is 25.9. The van der Waals surface area contributed by atoms with Crippen molar-refractivity contribution in [2.75, 3.05) is 18.5 Å². The average molecular weight is 318 g/mol. The topological polar surface area (TPSA) is 58.6 Å². The molecule has 0 spiro atoms. The van der Waals surface area contributed by atoms with Crippen LogP contribution < -0.4 is 5.32 Å². The highest BCUT2D eigenvalue weighted by Gasteiger charge is 2.33. The van der Waals surface area contributed by atoms with E-state index in [1.807, 2.05) is 11.8 Å². The van der Waals surface area contributed by atoms with E-state index in [2.05, 4.69) is 19.2 Å². The van der Waals surface area contributed by atoms with Crippen LogP contribution in [0.25, 0.3) is 0 Å². The Morgan fingerprint density at radius 3 is 2.74 bits per heavy atom. The van der Waals surface area contributed by atoms with Crippen molar-refractivity contribution in [3.05, 3.63) is 29.8 Å². The first-order valence-corrected chi connectivity index (χ1v) is 8.15. The molecule has 0 unspecified atom stereocenters. The molecule has 1 heterocycles. The quantitative estimate of drug-likeness (QED) is 0.861. The highest BCUT2D eigenvalue weighted by molar-refractivity contribution is 5.96. The van der Waals surface area contributed by atoms with Crippen LogP contribution in [0.1, 0.15) is 50.9 Å². The third-order valence-electron chi connectivity index (χ3n) is 4.23. The zero-order valence-corrected chi connectivity index (χ0v) is 14.4. The Morgan fingerprint density at radius 1 is 1.39 bits per heavy atom. The highest BCUT2D eigenvalue weighted by atomic mass is 16.5. The molecule has 1 aliphatic rings. The second-order valence-electron chi connectivity index (χ2n) is 6.61. The maximum absolute atomic E-state index is 12.6. The standard InChI is InChI=1S/C18H26N2O3/c1-5-20(16-9-10-23-18(3,4)12-16)17(22)19-15-8-6-7-14(11-15)13(2)21/h6-8,11,16H,5,9-10,12H2,1-4H3,(H,19,22)/t16-/m1/s1. The van der Waals surface area contributed by atoms with Crippen molar-refractivity contribution >= 4 is 17.5 Å². The molecule has 5 heteroatoms. The molecule has 1 atom stereocenters. The van der Waals surface area contributed by atoms with E-state index in [9.17, 15) is 9.59 Å². The molecule has 1 aliphatic heterocycles. The van der Waals surface area contributed by atoms with E-state index in [1.54, 1.807) is 24.3 Å². The second-order valence-corrected chi connectivity index (χ2v) is 6.61. The predicted molar refractivity (Wildman–Crippen MR) is 90.9 cm³/mol. The van der Waals surface area contributed by atoms with Gasteiger partial charge in [-0.3, -0.25) is 4.79 Å². The maximum atomic E-state index is 12.6. The van der Waals surface area contributed by atoms with Crippen LogP contribution in [0.4, 0.5) is 10.5 Å². The molecular formula is C18H26N2O3. The number of rotatable bonds is 4. The molecule has 126 valence electrons. The number of nitrogens with one attached hydrogen (secondary N) is 1. The lowest BCUT2D eigenvalue weighted by molar-refractivity contribution is -0.0758. The van der Waals surface area contributed by atoms with Gasteiger partial charge in [0.2, 0.25) is 0 Å². The van der Waals surface area contributed by atoms with Crippen LogP contribution in [0.3, 0.4) is 0 Å². The SMILES string of the molecule is CCN(C(=O)Nc1cccc(C(C)=O)c1)[C@@H]1CCOC(C)(C)C1. The summed E-state index contributed by atoms with van der Waals surface area (Å²) in [6, 6.07) is 7.07. The molecule has 1 N–H and O–H groups in total. The van der Waals surface area contributed by atoms with E-state index in [0.29, 0.717) is 24.4 Å². The number of urea groups is 1. The number of hydrogen-bond acceptors (Lipinski definition) is 3. The summed E-state index contributed by atoms with van der Waals surface area (Å²) in [5.74, 6) is -0.0142. The maximum Gasteiger partial charge on any atom is 0.322 e. The molecule has 2 rings (SSSR count). The van der Waals surface area contributed by atoms with Gasteiger partial charge in [0.1, 0.15) is 0 Å². The van der Waals surface area contributed by atoms with Crippen molar-refractivity contribution in [3.8, 4) is 0 Å². The molecule has 1 aromatic carbocycles. The van der Waals surface area contributed by atoms with E-state index < -0.39 is 0 Å². The van der Waals surface area contributed by atoms with Crippen LogP contribution >= 0.6 is 0 Å². The fourth-order valence-electron chi connectivity index (χ4n) is 3.04. The van der Waals surface area contributed by atoms with Crippen molar-refractivity contribution in [3.63, 3.8) is 0 Å². The first-order valence-electron chi connectivity index (χ1n) is 8.15. The molecule has 5 nitrogen and oxygen atoms in total. The molecule has 1 fully saturated rings. The molecule has 0 radical (unpaired) electrons. The number of Topliss-reactive ketones (excluding diaryl/α,β-unsaturated/α-hetero) is 1. The van der Waals surface area contributed by atoms with Gasteiger partial charge in [-0.05, 0) is 52.7 Å². The number of benzene rings is 1. The van der Waals surface area contributed by atoms with E-state index in [1.165, 1.54) is 6.92 Å². The first kappa shape index (κ1) is 17.5. The van der Waals surface area contributed by atoms with Crippen LogP contribution in [0.5, 0.6) is 0 Å². The zero-order chi connectivity index (χ0) is 17.0. The van der Waals surface area contributed by atoms with Crippen molar-refractivity contribution in [1.29, 1.82) is 0 Å². The summed E-state index contributed by atoms with van der Waals surface area (Å²) < 4.78 is 5.73. The molecular weight excluding hydrogens is 292 g/mol. The Balaban J connectivity index is 2.08. The van der Waals surface area contributed by atoms with Gasteiger partial charge in [-0.2, -0.15) is 0 Å². The van der Waals surface area contributed by atoms with Crippen LogP contribution in [-0.2, 0) is 4.74 Å². The fraction of sp³-hybridized carbons (Fsp3) is 0.556. The van der Waals surface area contributed by atoms with Gasteiger partial charge < -0.3 is 15.0 Å². The summed E-state index contributed by atoms with van der Waals surface area (Å²) >= 11 is 0. The van der Waals surface area contributed by atoms with Crippen molar-refractivity contribution in [2.45, 2.75) is 52.2 Å². The van der Waals surface area contributed by atoms with E-state index in [0.717, 1.165) is 12.8 Å². The third kappa shape index (κ3) is 4.55. The van der Waals surface area contributed by atoms with Crippen LogP contribution in [-0.4, -0.2) is 41.5 Å². The van der Waals surface area contributed by atoms with Gasteiger partial charge >= 0.3 is 6.03 Å².